The number of hydrogen-bond donors (Lipinski definition) is 2. The van der Waals surface area contributed by atoms with Gasteiger partial charge in [-0.15, -0.1) is 23.7 Å². The van der Waals surface area contributed by atoms with Gasteiger partial charge in [-0.1, -0.05) is 0 Å². The molecular weight excluding hydrogens is 306 g/mol. The molecule has 2 heterocycles. The van der Waals surface area contributed by atoms with Gasteiger partial charge in [0.1, 0.15) is 5.82 Å². The number of nitrogen functional groups attached to an aromatic ring is 1. The van der Waals surface area contributed by atoms with Crippen molar-refractivity contribution in [2.45, 2.75) is 33.1 Å². The average molecular weight is 326 g/mol. The van der Waals surface area contributed by atoms with Crippen LogP contribution in [0.2, 0.25) is 0 Å². The first-order chi connectivity index (χ1) is 9.54. The number of aromatic nitrogens is 1. The number of thiophene rings is 1. The maximum atomic E-state index is 11.8. The largest absolute Gasteiger partial charge is 0.384 e. The van der Waals surface area contributed by atoms with E-state index in [2.05, 4.69) is 30.2 Å². The number of amides is 1. The summed E-state index contributed by atoms with van der Waals surface area (Å²) in [5.74, 6) is 0.465. The molecule has 2 aromatic rings. The lowest BCUT2D eigenvalue weighted by atomic mass is 10.1. The summed E-state index contributed by atoms with van der Waals surface area (Å²) in [6, 6.07) is 5.64. The molecule has 21 heavy (non-hydrogen) atoms. The molecule has 0 aliphatic carbocycles. The molecule has 2 aromatic heterocycles. The zero-order valence-corrected chi connectivity index (χ0v) is 13.8. The number of nitrogens with two attached hydrogens (primary N) is 1. The Morgan fingerprint density at radius 2 is 2.14 bits per heavy atom. The fourth-order valence-corrected chi connectivity index (χ4v) is 3.05. The van der Waals surface area contributed by atoms with E-state index in [0.29, 0.717) is 17.9 Å². The van der Waals surface area contributed by atoms with Crippen LogP contribution in [0.15, 0.2) is 24.4 Å². The van der Waals surface area contributed by atoms with E-state index in [9.17, 15) is 4.79 Å². The lowest BCUT2D eigenvalue weighted by Gasteiger charge is -2.05. The highest BCUT2D eigenvalue weighted by molar-refractivity contribution is 7.12. The fourth-order valence-electron chi connectivity index (χ4n) is 2.07. The summed E-state index contributed by atoms with van der Waals surface area (Å²) in [7, 11) is 0. The standard InChI is InChI=1S/C15H19N3OS.ClH/c1-10-8-12(11(2)20-10)4-3-5-15(19)18-13-6-7-14(16)17-9-13;/h6-9H,3-5H2,1-2H3,(H2,16,17)(H,18,19);1H. The number of anilines is 2. The number of aryl methyl sites for hydroxylation is 3. The second-order valence-corrected chi connectivity index (χ2v) is 6.27. The van der Waals surface area contributed by atoms with Crippen molar-refractivity contribution in [3.63, 3.8) is 0 Å². The summed E-state index contributed by atoms with van der Waals surface area (Å²) in [5.41, 5.74) is 7.54. The third-order valence-electron chi connectivity index (χ3n) is 3.06. The van der Waals surface area contributed by atoms with E-state index in [4.69, 9.17) is 5.73 Å². The molecule has 0 aliphatic heterocycles. The van der Waals surface area contributed by atoms with Gasteiger partial charge < -0.3 is 11.1 Å². The van der Waals surface area contributed by atoms with Crippen LogP contribution in [0.3, 0.4) is 0 Å². The van der Waals surface area contributed by atoms with Gasteiger partial charge >= 0.3 is 0 Å². The van der Waals surface area contributed by atoms with Crippen LogP contribution in [0.1, 0.15) is 28.2 Å². The Balaban J connectivity index is 0.00000220. The van der Waals surface area contributed by atoms with Crippen LogP contribution in [0, 0.1) is 13.8 Å². The predicted octanol–water partition coefficient (Wildman–Crippen LogP) is 3.73. The van der Waals surface area contributed by atoms with Gasteiger partial charge in [0, 0.05) is 16.2 Å². The summed E-state index contributed by atoms with van der Waals surface area (Å²) >= 11 is 1.81. The minimum atomic E-state index is 0. The highest BCUT2D eigenvalue weighted by Crippen LogP contribution is 2.22. The quantitative estimate of drug-likeness (QED) is 0.880. The van der Waals surface area contributed by atoms with Crippen LogP contribution in [-0.4, -0.2) is 10.9 Å². The van der Waals surface area contributed by atoms with E-state index in [-0.39, 0.29) is 18.3 Å². The Morgan fingerprint density at radius 3 is 2.71 bits per heavy atom. The van der Waals surface area contributed by atoms with Crippen molar-refractivity contribution in [1.82, 2.24) is 4.98 Å². The van der Waals surface area contributed by atoms with Gasteiger partial charge in [0.2, 0.25) is 5.91 Å². The van der Waals surface area contributed by atoms with Crippen LogP contribution in [0.5, 0.6) is 0 Å². The number of halogens is 1. The molecule has 0 unspecified atom stereocenters. The molecule has 0 saturated carbocycles. The first-order valence-corrected chi connectivity index (χ1v) is 7.43. The summed E-state index contributed by atoms with van der Waals surface area (Å²) < 4.78 is 0. The van der Waals surface area contributed by atoms with Crippen molar-refractivity contribution >= 4 is 41.2 Å². The van der Waals surface area contributed by atoms with E-state index >= 15 is 0 Å². The van der Waals surface area contributed by atoms with E-state index in [1.165, 1.54) is 15.3 Å². The number of hydrogen-bond acceptors (Lipinski definition) is 4. The van der Waals surface area contributed by atoms with Gasteiger partial charge in [-0.2, -0.15) is 0 Å². The maximum absolute atomic E-state index is 11.8. The molecular formula is C15H20ClN3OS. The topological polar surface area (TPSA) is 68.0 Å². The van der Waals surface area contributed by atoms with Gasteiger partial charge in [-0.25, -0.2) is 4.98 Å². The SMILES string of the molecule is Cc1cc(CCCC(=O)Nc2ccc(N)nc2)c(C)s1.Cl. The highest BCUT2D eigenvalue weighted by Gasteiger charge is 2.06. The van der Waals surface area contributed by atoms with Crippen molar-refractivity contribution in [3.05, 3.63) is 39.7 Å². The van der Waals surface area contributed by atoms with Crippen LogP contribution < -0.4 is 11.1 Å². The van der Waals surface area contributed by atoms with Gasteiger partial charge in [-0.3, -0.25) is 4.79 Å². The molecule has 0 radical (unpaired) electrons. The number of carbonyl (C=O) groups excluding carboxylic acids is 1. The van der Waals surface area contributed by atoms with E-state index in [1.54, 1.807) is 18.3 Å². The summed E-state index contributed by atoms with van der Waals surface area (Å²) in [6.45, 7) is 4.25. The number of nitrogens with zero attached hydrogens (tertiary/aromatic N) is 1. The molecule has 3 N–H and O–H groups in total. The molecule has 0 spiro atoms. The first kappa shape index (κ1) is 17.5. The molecule has 4 nitrogen and oxygen atoms in total. The monoisotopic (exact) mass is 325 g/mol. The molecule has 114 valence electrons. The summed E-state index contributed by atoms with van der Waals surface area (Å²) in [6.07, 6.45) is 3.88. The zero-order valence-electron chi connectivity index (χ0n) is 12.2. The Labute approximate surface area is 135 Å². The third-order valence-corrected chi connectivity index (χ3v) is 4.07. The zero-order chi connectivity index (χ0) is 14.5. The van der Waals surface area contributed by atoms with Crippen molar-refractivity contribution in [2.75, 3.05) is 11.1 Å². The van der Waals surface area contributed by atoms with Crippen LogP contribution in [0.4, 0.5) is 11.5 Å². The highest BCUT2D eigenvalue weighted by atomic mass is 35.5. The van der Waals surface area contributed by atoms with Crippen LogP contribution in [-0.2, 0) is 11.2 Å². The smallest absolute Gasteiger partial charge is 0.224 e. The van der Waals surface area contributed by atoms with E-state index in [0.717, 1.165) is 12.8 Å². The second-order valence-electron chi connectivity index (χ2n) is 4.81. The van der Waals surface area contributed by atoms with Crippen LogP contribution >= 0.6 is 23.7 Å². The van der Waals surface area contributed by atoms with Crippen molar-refractivity contribution in [3.8, 4) is 0 Å². The lowest BCUT2D eigenvalue weighted by Crippen LogP contribution is -2.11. The molecule has 0 aromatic carbocycles. The van der Waals surface area contributed by atoms with Crippen LogP contribution in [0.25, 0.3) is 0 Å². The lowest BCUT2D eigenvalue weighted by molar-refractivity contribution is -0.116. The number of rotatable bonds is 5. The molecule has 0 saturated heterocycles. The van der Waals surface area contributed by atoms with E-state index < -0.39 is 0 Å². The molecule has 0 fully saturated rings. The Hall–Kier alpha value is -1.59. The number of carbonyl (C=O) groups is 1. The van der Waals surface area contributed by atoms with Crippen molar-refractivity contribution in [1.29, 1.82) is 0 Å². The van der Waals surface area contributed by atoms with Gasteiger partial charge in [0.25, 0.3) is 0 Å². The third kappa shape index (κ3) is 5.36. The summed E-state index contributed by atoms with van der Waals surface area (Å²) in [5, 5.41) is 2.82. The maximum Gasteiger partial charge on any atom is 0.224 e. The molecule has 2 rings (SSSR count). The van der Waals surface area contributed by atoms with Gasteiger partial charge in [0.15, 0.2) is 0 Å². The summed E-state index contributed by atoms with van der Waals surface area (Å²) in [4.78, 5) is 18.4. The Bertz CT molecular complexity index is 595. The second kappa shape index (κ2) is 8.00. The van der Waals surface area contributed by atoms with Crippen molar-refractivity contribution in [2.24, 2.45) is 0 Å². The minimum absolute atomic E-state index is 0. The molecule has 6 heteroatoms. The number of nitrogens with one attached hydrogen (secondary N) is 1. The normalized spacial score (nSPS) is 10.0. The number of pyridine rings is 1. The van der Waals surface area contributed by atoms with Crippen molar-refractivity contribution < 1.29 is 4.79 Å². The minimum Gasteiger partial charge on any atom is -0.384 e. The van der Waals surface area contributed by atoms with E-state index in [1.807, 2.05) is 11.3 Å². The first-order valence-electron chi connectivity index (χ1n) is 6.62. The molecule has 0 bridgehead atoms. The Morgan fingerprint density at radius 1 is 1.38 bits per heavy atom. The van der Waals surface area contributed by atoms with Gasteiger partial charge in [0.05, 0.1) is 11.9 Å². The van der Waals surface area contributed by atoms with Gasteiger partial charge in [-0.05, 0) is 50.5 Å². The molecule has 0 atom stereocenters. The average Bonchev–Trinajstić information content (AvgIpc) is 2.71. The molecule has 0 aliphatic rings. The predicted molar refractivity (Wildman–Crippen MR) is 91.3 cm³/mol. The Kier molecular flexibility index (Phi) is 6.65. The molecule has 1 amide bonds. The fraction of sp³-hybridized carbons (Fsp3) is 0.333.